The number of rotatable bonds is 7. The summed E-state index contributed by atoms with van der Waals surface area (Å²) in [4.78, 5) is 48.4. The summed E-state index contributed by atoms with van der Waals surface area (Å²) in [6.45, 7) is 12.4. The van der Waals surface area contributed by atoms with Gasteiger partial charge in [0, 0.05) is 18.4 Å². The Hall–Kier alpha value is -3.43. The number of aryl methyl sites for hydroxylation is 1. The molecule has 2 atom stereocenters. The summed E-state index contributed by atoms with van der Waals surface area (Å²) in [5, 5.41) is 0. The SMILES string of the molecule is COC(=O)C1(c2cn(-c3cccc(C)n3)cn2)CC1CCCN(C(=O)OC(C)(C)C)C(=O)OC(C)(C)C. The van der Waals surface area contributed by atoms with E-state index in [0.29, 0.717) is 30.8 Å². The fourth-order valence-corrected chi connectivity index (χ4v) is 4.27. The number of nitrogens with zero attached hydrogens (tertiary/aromatic N) is 4. The maximum atomic E-state index is 12.9. The normalized spacial score (nSPS) is 19.2. The van der Waals surface area contributed by atoms with Gasteiger partial charge in [-0.15, -0.1) is 0 Å². The first-order valence-corrected chi connectivity index (χ1v) is 12.5. The lowest BCUT2D eigenvalue weighted by atomic mass is 9.97. The summed E-state index contributed by atoms with van der Waals surface area (Å²) >= 11 is 0. The molecular formula is C27H38N4O6. The Labute approximate surface area is 218 Å². The van der Waals surface area contributed by atoms with Gasteiger partial charge < -0.3 is 14.2 Å². The Bertz CT molecular complexity index is 1120. The zero-order valence-corrected chi connectivity index (χ0v) is 23.0. The van der Waals surface area contributed by atoms with Gasteiger partial charge in [0.05, 0.1) is 12.8 Å². The fraction of sp³-hybridized carbons (Fsp3) is 0.593. The average molecular weight is 515 g/mol. The van der Waals surface area contributed by atoms with Crippen molar-refractivity contribution in [3.8, 4) is 5.82 Å². The Morgan fingerprint density at radius 2 is 1.70 bits per heavy atom. The highest BCUT2D eigenvalue weighted by atomic mass is 16.6. The molecule has 0 aromatic carbocycles. The molecule has 2 heterocycles. The van der Waals surface area contributed by atoms with Crippen LogP contribution in [0.2, 0.25) is 0 Å². The van der Waals surface area contributed by atoms with Gasteiger partial charge in [-0.05, 0) is 85.8 Å². The first-order chi connectivity index (χ1) is 17.2. The average Bonchev–Trinajstić information content (AvgIpc) is 3.28. The van der Waals surface area contributed by atoms with Crippen molar-refractivity contribution >= 4 is 18.2 Å². The van der Waals surface area contributed by atoms with E-state index in [1.54, 1.807) is 52.4 Å². The standard InChI is InChI=1S/C27H38N4O6/c1-18-11-9-13-21(29-18)30-16-20(28-17-30)27(22(32)35-8)15-19(27)12-10-14-31(23(33)36-25(2,3)4)24(34)37-26(5,6)7/h9,11,13,16-17,19H,10,12,14-15H2,1-8H3. The fourth-order valence-electron chi connectivity index (χ4n) is 4.27. The van der Waals surface area contributed by atoms with Crippen LogP contribution in [0.1, 0.15) is 72.2 Å². The number of methoxy groups -OCH3 is 1. The summed E-state index contributed by atoms with van der Waals surface area (Å²) < 4.78 is 17.8. The number of imide groups is 1. The smallest absolute Gasteiger partial charge is 0.419 e. The van der Waals surface area contributed by atoms with Crippen molar-refractivity contribution in [3.63, 3.8) is 0 Å². The van der Waals surface area contributed by atoms with E-state index in [0.717, 1.165) is 10.6 Å². The maximum absolute atomic E-state index is 12.9. The first-order valence-electron chi connectivity index (χ1n) is 12.5. The number of ether oxygens (including phenoxy) is 3. The zero-order chi connectivity index (χ0) is 27.6. The molecule has 10 nitrogen and oxygen atoms in total. The van der Waals surface area contributed by atoms with Crippen LogP contribution in [-0.4, -0.2) is 62.4 Å². The minimum atomic E-state index is -0.869. The summed E-state index contributed by atoms with van der Waals surface area (Å²) in [6, 6.07) is 5.69. The Kier molecular flexibility index (Phi) is 8.00. The quantitative estimate of drug-likeness (QED) is 0.376. The van der Waals surface area contributed by atoms with Crippen LogP contribution in [0.15, 0.2) is 30.7 Å². The number of imidazole rings is 1. The van der Waals surface area contributed by atoms with Gasteiger partial charge in [0.25, 0.3) is 0 Å². The van der Waals surface area contributed by atoms with E-state index in [-0.39, 0.29) is 18.4 Å². The Morgan fingerprint density at radius 1 is 1.08 bits per heavy atom. The summed E-state index contributed by atoms with van der Waals surface area (Å²) in [7, 11) is 1.37. The van der Waals surface area contributed by atoms with Crippen LogP contribution in [-0.2, 0) is 24.4 Å². The molecule has 0 spiro atoms. The number of carbonyl (C=O) groups is 3. The summed E-state index contributed by atoms with van der Waals surface area (Å²) in [5.74, 6) is 0.310. The first kappa shape index (κ1) is 28.1. The molecule has 1 aliphatic carbocycles. The van der Waals surface area contributed by atoms with Crippen molar-refractivity contribution in [3.05, 3.63) is 42.1 Å². The zero-order valence-electron chi connectivity index (χ0n) is 23.0. The number of hydrogen-bond acceptors (Lipinski definition) is 8. The highest BCUT2D eigenvalue weighted by molar-refractivity contribution is 5.88. The van der Waals surface area contributed by atoms with Gasteiger partial charge in [-0.1, -0.05) is 6.07 Å². The van der Waals surface area contributed by atoms with E-state index >= 15 is 0 Å². The molecule has 0 radical (unpaired) electrons. The third-order valence-electron chi connectivity index (χ3n) is 5.99. The number of aromatic nitrogens is 3. The predicted molar refractivity (Wildman–Crippen MR) is 136 cm³/mol. The van der Waals surface area contributed by atoms with Gasteiger partial charge in [0.2, 0.25) is 0 Å². The van der Waals surface area contributed by atoms with Crippen LogP contribution >= 0.6 is 0 Å². The second-order valence-electron chi connectivity index (χ2n) is 11.4. The summed E-state index contributed by atoms with van der Waals surface area (Å²) in [5.41, 5.74) is -0.910. The molecule has 2 amide bonds. The lowest BCUT2D eigenvalue weighted by molar-refractivity contribution is -0.144. The van der Waals surface area contributed by atoms with Crippen molar-refractivity contribution in [2.75, 3.05) is 13.7 Å². The molecule has 3 rings (SSSR count). The van der Waals surface area contributed by atoms with E-state index in [1.807, 2.05) is 31.3 Å². The van der Waals surface area contributed by atoms with Crippen molar-refractivity contribution in [1.29, 1.82) is 0 Å². The van der Waals surface area contributed by atoms with E-state index in [1.165, 1.54) is 7.11 Å². The number of pyridine rings is 1. The van der Waals surface area contributed by atoms with Gasteiger partial charge in [-0.3, -0.25) is 9.36 Å². The Balaban J connectivity index is 1.72. The molecular weight excluding hydrogens is 476 g/mol. The second-order valence-corrected chi connectivity index (χ2v) is 11.4. The van der Waals surface area contributed by atoms with Gasteiger partial charge >= 0.3 is 18.2 Å². The second kappa shape index (κ2) is 10.5. The van der Waals surface area contributed by atoms with E-state index in [4.69, 9.17) is 14.2 Å². The van der Waals surface area contributed by atoms with E-state index in [2.05, 4.69) is 9.97 Å². The molecule has 1 aliphatic rings. The van der Waals surface area contributed by atoms with Crippen molar-refractivity contribution in [2.45, 2.75) is 84.3 Å². The van der Waals surface area contributed by atoms with Gasteiger partial charge in [-0.25, -0.2) is 24.5 Å². The van der Waals surface area contributed by atoms with Gasteiger partial charge in [0.1, 0.15) is 28.8 Å². The molecule has 37 heavy (non-hydrogen) atoms. The third-order valence-corrected chi connectivity index (χ3v) is 5.99. The van der Waals surface area contributed by atoms with Gasteiger partial charge in [-0.2, -0.15) is 0 Å². The van der Waals surface area contributed by atoms with Crippen LogP contribution in [0.3, 0.4) is 0 Å². The highest BCUT2D eigenvalue weighted by Crippen LogP contribution is 2.57. The van der Waals surface area contributed by atoms with Gasteiger partial charge in [0.15, 0.2) is 0 Å². The Morgan fingerprint density at radius 3 is 2.24 bits per heavy atom. The third kappa shape index (κ3) is 6.87. The van der Waals surface area contributed by atoms with E-state index in [9.17, 15) is 14.4 Å². The largest absolute Gasteiger partial charge is 0.468 e. The molecule has 0 bridgehead atoms. The number of amides is 2. The highest BCUT2D eigenvalue weighted by Gasteiger charge is 2.63. The van der Waals surface area contributed by atoms with Crippen LogP contribution in [0.25, 0.3) is 5.82 Å². The number of esters is 1. The minimum Gasteiger partial charge on any atom is -0.468 e. The molecule has 202 valence electrons. The number of carbonyl (C=O) groups excluding carboxylic acids is 3. The molecule has 0 aliphatic heterocycles. The predicted octanol–water partition coefficient (Wildman–Crippen LogP) is 4.96. The monoisotopic (exact) mass is 514 g/mol. The van der Waals surface area contributed by atoms with Crippen molar-refractivity contribution < 1.29 is 28.6 Å². The molecule has 2 unspecified atom stereocenters. The van der Waals surface area contributed by atoms with Crippen LogP contribution < -0.4 is 0 Å². The number of hydrogen-bond donors (Lipinski definition) is 0. The minimum absolute atomic E-state index is 0.0482. The molecule has 1 saturated carbocycles. The molecule has 1 fully saturated rings. The topological polar surface area (TPSA) is 113 Å². The molecule has 0 saturated heterocycles. The maximum Gasteiger partial charge on any atom is 0.419 e. The van der Waals surface area contributed by atoms with Crippen LogP contribution in [0.4, 0.5) is 9.59 Å². The van der Waals surface area contributed by atoms with Crippen molar-refractivity contribution in [1.82, 2.24) is 19.4 Å². The lowest BCUT2D eigenvalue weighted by Gasteiger charge is -2.28. The van der Waals surface area contributed by atoms with Crippen molar-refractivity contribution in [2.24, 2.45) is 5.92 Å². The summed E-state index contributed by atoms with van der Waals surface area (Å²) in [6.07, 6.45) is 3.53. The van der Waals surface area contributed by atoms with E-state index < -0.39 is 28.8 Å². The molecule has 2 aromatic heterocycles. The molecule has 0 N–H and O–H groups in total. The molecule has 10 heteroatoms. The lowest BCUT2D eigenvalue weighted by Crippen LogP contribution is -2.44. The molecule has 2 aromatic rings. The van der Waals surface area contributed by atoms with Crippen LogP contribution in [0, 0.1) is 12.8 Å². The van der Waals surface area contributed by atoms with Crippen LogP contribution in [0.5, 0.6) is 0 Å².